The lowest BCUT2D eigenvalue weighted by molar-refractivity contribution is 0.865. The largest absolute Gasteiger partial charge is 0.381 e. The third-order valence-electron chi connectivity index (χ3n) is 3.52. The van der Waals surface area contributed by atoms with Crippen molar-refractivity contribution >= 4 is 5.69 Å². The SMILES string of the molecule is Cc1ccc(C)c(NCc2ccc(C(C)C)cc2)c1. The van der Waals surface area contributed by atoms with Crippen molar-refractivity contribution < 1.29 is 0 Å². The van der Waals surface area contributed by atoms with E-state index in [4.69, 9.17) is 0 Å². The predicted molar refractivity (Wildman–Crippen MR) is 83.8 cm³/mol. The molecule has 0 heterocycles. The highest BCUT2D eigenvalue weighted by Crippen LogP contribution is 2.18. The van der Waals surface area contributed by atoms with Crippen molar-refractivity contribution in [1.29, 1.82) is 0 Å². The Morgan fingerprint density at radius 2 is 1.63 bits per heavy atom. The van der Waals surface area contributed by atoms with E-state index in [1.165, 1.54) is 27.9 Å². The normalized spacial score (nSPS) is 10.8. The Hall–Kier alpha value is -1.76. The number of aryl methyl sites for hydroxylation is 2. The third kappa shape index (κ3) is 3.60. The maximum atomic E-state index is 3.52. The Balaban J connectivity index is 2.04. The maximum Gasteiger partial charge on any atom is 0.0400 e. The Kier molecular flexibility index (Phi) is 4.26. The standard InChI is InChI=1S/C18H23N/c1-13(2)17-9-7-16(8-10-17)12-19-18-11-14(3)5-6-15(18)4/h5-11,13,19H,12H2,1-4H3. The smallest absolute Gasteiger partial charge is 0.0400 e. The average Bonchev–Trinajstić information content (AvgIpc) is 2.40. The van der Waals surface area contributed by atoms with Gasteiger partial charge in [0.25, 0.3) is 0 Å². The quantitative estimate of drug-likeness (QED) is 0.805. The van der Waals surface area contributed by atoms with Crippen LogP contribution in [-0.4, -0.2) is 0 Å². The second-order valence-electron chi connectivity index (χ2n) is 5.57. The molecule has 19 heavy (non-hydrogen) atoms. The molecule has 2 aromatic rings. The van der Waals surface area contributed by atoms with Crippen molar-refractivity contribution in [1.82, 2.24) is 0 Å². The van der Waals surface area contributed by atoms with E-state index in [1.807, 2.05) is 0 Å². The lowest BCUT2D eigenvalue weighted by Crippen LogP contribution is -2.01. The monoisotopic (exact) mass is 253 g/mol. The molecule has 2 rings (SSSR count). The highest BCUT2D eigenvalue weighted by molar-refractivity contribution is 5.52. The number of anilines is 1. The maximum absolute atomic E-state index is 3.52. The van der Waals surface area contributed by atoms with Gasteiger partial charge in [-0.25, -0.2) is 0 Å². The molecule has 0 aliphatic rings. The van der Waals surface area contributed by atoms with Crippen molar-refractivity contribution in [3.05, 3.63) is 64.7 Å². The second-order valence-corrected chi connectivity index (χ2v) is 5.57. The Morgan fingerprint density at radius 1 is 0.947 bits per heavy atom. The second kappa shape index (κ2) is 5.92. The zero-order valence-electron chi connectivity index (χ0n) is 12.3. The molecule has 1 nitrogen and oxygen atoms in total. The van der Waals surface area contributed by atoms with E-state index < -0.39 is 0 Å². The first-order chi connectivity index (χ1) is 9.06. The van der Waals surface area contributed by atoms with Gasteiger partial charge in [0, 0.05) is 12.2 Å². The first-order valence-corrected chi connectivity index (χ1v) is 6.96. The summed E-state index contributed by atoms with van der Waals surface area (Å²) in [5, 5.41) is 3.52. The van der Waals surface area contributed by atoms with E-state index in [9.17, 15) is 0 Å². The van der Waals surface area contributed by atoms with Gasteiger partial charge in [-0.1, -0.05) is 50.2 Å². The highest BCUT2D eigenvalue weighted by atomic mass is 14.9. The summed E-state index contributed by atoms with van der Waals surface area (Å²) in [6.07, 6.45) is 0. The average molecular weight is 253 g/mol. The molecule has 0 unspecified atom stereocenters. The summed E-state index contributed by atoms with van der Waals surface area (Å²) in [4.78, 5) is 0. The minimum Gasteiger partial charge on any atom is -0.381 e. The molecular weight excluding hydrogens is 230 g/mol. The van der Waals surface area contributed by atoms with Crippen LogP contribution in [0, 0.1) is 13.8 Å². The van der Waals surface area contributed by atoms with Gasteiger partial charge in [0.1, 0.15) is 0 Å². The molecule has 0 aromatic heterocycles. The third-order valence-corrected chi connectivity index (χ3v) is 3.52. The Morgan fingerprint density at radius 3 is 2.26 bits per heavy atom. The van der Waals surface area contributed by atoms with Crippen molar-refractivity contribution in [2.45, 2.75) is 40.2 Å². The molecule has 0 atom stereocenters. The van der Waals surface area contributed by atoms with Crippen LogP contribution < -0.4 is 5.32 Å². The number of rotatable bonds is 4. The molecule has 0 saturated carbocycles. The highest BCUT2D eigenvalue weighted by Gasteiger charge is 2.01. The van der Waals surface area contributed by atoms with E-state index in [1.54, 1.807) is 0 Å². The fraction of sp³-hybridized carbons (Fsp3) is 0.333. The van der Waals surface area contributed by atoms with Crippen LogP contribution in [0.5, 0.6) is 0 Å². The van der Waals surface area contributed by atoms with Crippen LogP contribution in [0.4, 0.5) is 5.69 Å². The van der Waals surface area contributed by atoms with Gasteiger partial charge in [-0.3, -0.25) is 0 Å². The summed E-state index contributed by atoms with van der Waals surface area (Å²) < 4.78 is 0. The minimum atomic E-state index is 0.598. The number of benzene rings is 2. The summed E-state index contributed by atoms with van der Waals surface area (Å²) in [7, 11) is 0. The van der Waals surface area contributed by atoms with E-state index in [0.717, 1.165) is 6.54 Å². The molecule has 0 bridgehead atoms. The van der Waals surface area contributed by atoms with E-state index in [0.29, 0.717) is 5.92 Å². The van der Waals surface area contributed by atoms with E-state index >= 15 is 0 Å². The summed E-state index contributed by atoms with van der Waals surface area (Å²) in [6, 6.07) is 15.4. The summed E-state index contributed by atoms with van der Waals surface area (Å²) in [6.45, 7) is 9.60. The molecule has 0 fully saturated rings. The lowest BCUT2D eigenvalue weighted by Gasteiger charge is -2.11. The van der Waals surface area contributed by atoms with E-state index in [2.05, 4.69) is 75.5 Å². The van der Waals surface area contributed by atoms with Crippen LogP contribution in [-0.2, 0) is 6.54 Å². The van der Waals surface area contributed by atoms with Gasteiger partial charge in [0.15, 0.2) is 0 Å². The Bertz CT molecular complexity index is 538. The molecule has 0 spiro atoms. The molecule has 1 heteroatoms. The molecule has 2 aromatic carbocycles. The zero-order valence-corrected chi connectivity index (χ0v) is 12.3. The summed E-state index contributed by atoms with van der Waals surface area (Å²) >= 11 is 0. The van der Waals surface area contributed by atoms with E-state index in [-0.39, 0.29) is 0 Å². The van der Waals surface area contributed by atoms with Gasteiger partial charge in [-0.05, 0) is 48.1 Å². The van der Waals surface area contributed by atoms with Gasteiger partial charge < -0.3 is 5.32 Å². The molecule has 100 valence electrons. The fourth-order valence-electron chi connectivity index (χ4n) is 2.14. The van der Waals surface area contributed by atoms with Crippen LogP contribution in [0.25, 0.3) is 0 Å². The van der Waals surface area contributed by atoms with Gasteiger partial charge >= 0.3 is 0 Å². The van der Waals surface area contributed by atoms with Crippen LogP contribution in [0.15, 0.2) is 42.5 Å². The minimum absolute atomic E-state index is 0.598. The summed E-state index contributed by atoms with van der Waals surface area (Å²) in [5.74, 6) is 0.598. The van der Waals surface area contributed by atoms with Gasteiger partial charge in [-0.15, -0.1) is 0 Å². The van der Waals surface area contributed by atoms with Crippen LogP contribution in [0.2, 0.25) is 0 Å². The first-order valence-electron chi connectivity index (χ1n) is 6.96. The molecule has 0 aliphatic heterocycles. The van der Waals surface area contributed by atoms with Crippen molar-refractivity contribution in [2.24, 2.45) is 0 Å². The van der Waals surface area contributed by atoms with Crippen molar-refractivity contribution in [3.63, 3.8) is 0 Å². The van der Waals surface area contributed by atoms with Crippen LogP contribution in [0.1, 0.15) is 42.0 Å². The van der Waals surface area contributed by atoms with Crippen molar-refractivity contribution in [2.75, 3.05) is 5.32 Å². The van der Waals surface area contributed by atoms with Gasteiger partial charge in [0.2, 0.25) is 0 Å². The van der Waals surface area contributed by atoms with Crippen LogP contribution >= 0.6 is 0 Å². The molecule has 0 aliphatic carbocycles. The Labute approximate surface area is 116 Å². The number of nitrogens with one attached hydrogen (secondary N) is 1. The lowest BCUT2D eigenvalue weighted by atomic mass is 10.0. The van der Waals surface area contributed by atoms with Gasteiger partial charge in [-0.2, -0.15) is 0 Å². The molecule has 0 radical (unpaired) electrons. The topological polar surface area (TPSA) is 12.0 Å². The first kappa shape index (κ1) is 13.7. The molecular formula is C18H23N. The number of hydrogen-bond acceptors (Lipinski definition) is 1. The molecule has 0 saturated heterocycles. The predicted octanol–water partition coefficient (Wildman–Crippen LogP) is 5.04. The summed E-state index contributed by atoms with van der Waals surface area (Å²) in [5.41, 5.74) is 6.54. The van der Waals surface area contributed by atoms with Crippen molar-refractivity contribution in [3.8, 4) is 0 Å². The zero-order chi connectivity index (χ0) is 13.8. The number of hydrogen-bond donors (Lipinski definition) is 1. The molecule has 1 N–H and O–H groups in total. The van der Waals surface area contributed by atoms with Crippen LogP contribution in [0.3, 0.4) is 0 Å². The van der Waals surface area contributed by atoms with Gasteiger partial charge in [0.05, 0.1) is 0 Å². The molecule has 0 amide bonds. The fourth-order valence-corrected chi connectivity index (χ4v) is 2.14.